The van der Waals surface area contributed by atoms with Crippen molar-refractivity contribution in [3.05, 3.63) is 35.9 Å². The third-order valence-electron chi connectivity index (χ3n) is 3.67. The second-order valence-electron chi connectivity index (χ2n) is 6.09. The summed E-state index contributed by atoms with van der Waals surface area (Å²) in [5.74, 6) is -1.70. The van der Waals surface area contributed by atoms with Crippen LogP contribution in [0.2, 0.25) is 0 Å². The lowest BCUT2D eigenvalue weighted by atomic mass is 9.91. The van der Waals surface area contributed by atoms with Crippen LogP contribution in [-0.2, 0) is 23.9 Å². The van der Waals surface area contributed by atoms with Gasteiger partial charge in [0.25, 0.3) is 0 Å². The second kappa shape index (κ2) is 10.2. The van der Waals surface area contributed by atoms with Gasteiger partial charge in [0.15, 0.2) is 6.61 Å². The van der Waals surface area contributed by atoms with Crippen molar-refractivity contribution in [2.45, 2.75) is 27.2 Å². The van der Waals surface area contributed by atoms with E-state index in [2.05, 4.69) is 0 Å². The molecule has 1 N–H and O–H groups in total. The summed E-state index contributed by atoms with van der Waals surface area (Å²) in [5, 5.41) is 8.66. The summed E-state index contributed by atoms with van der Waals surface area (Å²) in [7, 11) is 0. The van der Waals surface area contributed by atoms with Crippen LogP contribution in [-0.4, -0.2) is 42.8 Å². The number of carbonyl (C=O) groups excluding carboxylic acids is 2. The number of hydrogen-bond acceptors (Lipinski definition) is 6. The van der Waals surface area contributed by atoms with Crippen molar-refractivity contribution < 1.29 is 33.7 Å². The smallest absolute Gasteiger partial charge is 0.341 e. The first-order chi connectivity index (χ1) is 12.3. The summed E-state index contributed by atoms with van der Waals surface area (Å²) in [4.78, 5) is 34.0. The molecule has 0 heterocycles. The highest BCUT2D eigenvalue weighted by Gasteiger charge is 2.26. The lowest BCUT2D eigenvalue weighted by Crippen LogP contribution is -2.27. The highest BCUT2D eigenvalue weighted by Crippen LogP contribution is 2.21. The van der Waals surface area contributed by atoms with Gasteiger partial charge in [-0.1, -0.05) is 25.1 Å². The first-order valence-electron chi connectivity index (χ1n) is 8.22. The van der Waals surface area contributed by atoms with Crippen molar-refractivity contribution in [2.24, 2.45) is 5.41 Å². The van der Waals surface area contributed by atoms with Gasteiger partial charge >= 0.3 is 17.9 Å². The molecule has 0 fully saturated rings. The maximum absolute atomic E-state index is 11.8. The van der Waals surface area contributed by atoms with Crippen molar-refractivity contribution in [1.29, 1.82) is 0 Å². The summed E-state index contributed by atoms with van der Waals surface area (Å²) >= 11 is 0. The van der Waals surface area contributed by atoms with Gasteiger partial charge < -0.3 is 19.3 Å². The predicted octanol–water partition coefficient (Wildman–Crippen LogP) is 2.69. The fourth-order valence-corrected chi connectivity index (χ4v) is 1.71. The maximum atomic E-state index is 11.8. The zero-order valence-electron chi connectivity index (χ0n) is 15.2. The van der Waals surface area contributed by atoms with Gasteiger partial charge in [-0.15, -0.1) is 0 Å². The number of rotatable bonds is 10. The van der Waals surface area contributed by atoms with Crippen molar-refractivity contribution in [2.75, 3.05) is 19.8 Å². The van der Waals surface area contributed by atoms with Gasteiger partial charge in [-0.05, 0) is 32.4 Å². The third-order valence-corrected chi connectivity index (χ3v) is 3.67. The Bertz CT molecular complexity index is 662. The average Bonchev–Trinajstić information content (AvgIpc) is 2.62. The molecule has 142 valence electrons. The number of ether oxygens (including phenoxy) is 3. The molecule has 0 amide bonds. The number of aliphatic carboxylic acids is 1. The number of carbonyl (C=O) groups is 3. The fraction of sp³-hybridized carbons (Fsp3) is 0.421. The molecule has 1 aromatic carbocycles. The Kier molecular flexibility index (Phi) is 8.34. The zero-order valence-corrected chi connectivity index (χ0v) is 15.2. The Balaban J connectivity index is 2.46. The van der Waals surface area contributed by atoms with Crippen molar-refractivity contribution in [3.63, 3.8) is 0 Å². The molecule has 0 radical (unpaired) electrons. The Labute approximate surface area is 152 Å². The van der Waals surface area contributed by atoms with Crippen LogP contribution < -0.4 is 4.74 Å². The first kappa shape index (κ1) is 21.2. The summed E-state index contributed by atoms with van der Waals surface area (Å²) in [6.45, 7) is 4.92. The molecule has 0 bridgehead atoms. The average molecular weight is 364 g/mol. The fourth-order valence-electron chi connectivity index (χ4n) is 1.71. The summed E-state index contributed by atoms with van der Waals surface area (Å²) in [5.41, 5.74) is -0.0225. The normalized spacial score (nSPS) is 11.2. The van der Waals surface area contributed by atoms with E-state index in [1.165, 1.54) is 12.2 Å². The molecule has 0 unspecified atom stereocenters. The molecule has 26 heavy (non-hydrogen) atoms. The van der Waals surface area contributed by atoms with Crippen LogP contribution in [0.25, 0.3) is 6.08 Å². The van der Waals surface area contributed by atoms with E-state index in [9.17, 15) is 14.4 Å². The van der Waals surface area contributed by atoms with Gasteiger partial charge in [-0.25, -0.2) is 9.59 Å². The molecule has 0 saturated carbocycles. The number of esters is 2. The topological polar surface area (TPSA) is 99.1 Å². The zero-order chi connectivity index (χ0) is 19.6. The van der Waals surface area contributed by atoms with E-state index in [4.69, 9.17) is 19.3 Å². The standard InChI is InChI=1S/C19H24O7/c1-4-19(2,3)18(23)25-12-11-24-17(22)10-9-14-7-5-6-8-15(14)26-13-16(20)21/h5-10H,4,11-13H2,1-3H3,(H,20,21)/b10-9+. The van der Waals surface area contributed by atoms with E-state index in [0.29, 0.717) is 17.7 Å². The number of carboxylic acid groups (broad SMARTS) is 1. The molecule has 0 saturated heterocycles. The van der Waals surface area contributed by atoms with Gasteiger partial charge in [-0.2, -0.15) is 0 Å². The number of hydrogen-bond donors (Lipinski definition) is 1. The Hall–Kier alpha value is -2.83. The van der Waals surface area contributed by atoms with E-state index >= 15 is 0 Å². The van der Waals surface area contributed by atoms with Crippen LogP contribution in [0.4, 0.5) is 0 Å². The minimum Gasteiger partial charge on any atom is -0.481 e. The van der Waals surface area contributed by atoms with Crippen LogP contribution in [0.3, 0.4) is 0 Å². The molecule has 1 rings (SSSR count). The molecular weight excluding hydrogens is 340 g/mol. The van der Waals surface area contributed by atoms with Gasteiger partial charge in [-0.3, -0.25) is 4.79 Å². The lowest BCUT2D eigenvalue weighted by Gasteiger charge is -2.20. The molecular formula is C19H24O7. The molecule has 1 aromatic rings. The Morgan fingerprint density at radius 2 is 1.77 bits per heavy atom. The third kappa shape index (κ3) is 7.38. The maximum Gasteiger partial charge on any atom is 0.341 e. The van der Waals surface area contributed by atoms with E-state index in [-0.39, 0.29) is 19.2 Å². The molecule has 0 aromatic heterocycles. The molecule has 0 aliphatic heterocycles. The molecule has 0 aliphatic rings. The molecule has 0 atom stereocenters. The van der Waals surface area contributed by atoms with Crippen LogP contribution in [0.15, 0.2) is 30.3 Å². The van der Waals surface area contributed by atoms with Crippen LogP contribution in [0.1, 0.15) is 32.8 Å². The van der Waals surface area contributed by atoms with Gasteiger partial charge in [0.2, 0.25) is 0 Å². The molecule has 7 nitrogen and oxygen atoms in total. The number of carboxylic acids is 1. The highest BCUT2D eigenvalue weighted by molar-refractivity contribution is 5.87. The van der Waals surface area contributed by atoms with Gasteiger partial charge in [0.05, 0.1) is 5.41 Å². The lowest BCUT2D eigenvalue weighted by molar-refractivity contribution is -0.157. The predicted molar refractivity (Wildman–Crippen MR) is 94.6 cm³/mol. The summed E-state index contributed by atoms with van der Waals surface area (Å²) in [6.07, 6.45) is 3.31. The van der Waals surface area contributed by atoms with E-state index < -0.39 is 24.0 Å². The van der Waals surface area contributed by atoms with Crippen molar-refractivity contribution in [1.82, 2.24) is 0 Å². The van der Waals surface area contributed by atoms with Crippen LogP contribution in [0, 0.1) is 5.41 Å². The van der Waals surface area contributed by atoms with E-state index in [1.807, 2.05) is 6.92 Å². The van der Waals surface area contributed by atoms with Crippen LogP contribution >= 0.6 is 0 Å². The van der Waals surface area contributed by atoms with Crippen molar-refractivity contribution >= 4 is 24.0 Å². The SMILES string of the molecule is CCC(C)(C)C(=O)OCCOC(=O)/C=C/c1ccccc1OCC(=O)O. The quantitative estimate of drug-likeness (QED) is 0.387. The minimum atomic E-state index is -1.09. The second-order valence-corrected chi connectivity index (χ2v) is 6.09. The Morgan fingerprint density at radius 1 is 1.12 bits per heavy atom. The largest absolute Gasteiger partial charge is 0.481 e. The summed E-state index contributed by atoms with van der Waals surface area (Å²) in [6, 6.07) is 6.70. The monoisotopic (exact) mass is 364 g/mol. The van der Waals surface area contributed by atoms with Crippen molar-refractivity contribution in [3.8, 4) is 5.75 Å². The highest BCUT2D eigenvalue weighted by atomic mass is 16.6. The summed E-state index contributed by atoms with van der Waals surface area (Å²) < 4.78 is 15.2. The van der Waals surface area contributed by atoms with E-state index in [0.717, 1.165) is 0 Å². The molecule has 7 heteroatoms. The number of para-hydroxylation sites is 1. The minimum absolute atomic E-state index is 0.0137. The van der Waals surface area contributed by atoms with Crippen LogP contribution in [0.5, 0.6) is 5.75 Å². The number of benzene rings is 1. The van der Waals surface area contributed by atoms with Gasteiger partial charge in [0, 0.05) is 11.6 Å². The Morgan fingerprint density at radius 3 is 2.42 bits per heavy atom. The van der Waals surface area contributed by atoms with Gasteiger partial charge in [0.1, 0.15) is 19.0 Å². The van der Waals surface area contributed by atoms with E-state index in [1.54, 1.807) is 38.1 Å². The molecule has 0 spiro atoms. The first-order valence-corrected chi connectivity index (χ1v) is 8.22. The molecule has 0 aliphatic carbocycles.